The molecule has 35 heavy (non-hydrogen) atoms. The smallest absolute Gasteiger partial charge is 0.240 e. The Balaban J connectivity index is 1.43. The molecule has 3 aromatic rings. The minimum Gasteiger partial charge on any atom is -0.493 e. The zero-order valence-electron chi connectivity index (χ0n) is 19.7. The van der Waals surface area contributed by atoms with Crippen molar-refractivity contribution >= 4 is 39.7 Å². The number of nitrogens with one attached hydrogen (secondary N) is 1. The molecular formula is C27H28BrClN2O4. The van der Waals surface area contributed by atoms with E-state index in [1.807, 2.05) is 48.5 Å². The summed E-state index contributed by atoms with van der Waals surface area (Å²) >= 11 is 9.70. The van der Waals surface area contributed by atoms with Crippen LogP contribution in [0.1, 0.15) is 36.5 Å². The first-order valence-corrected chi connectivity index (χ1v) is 12.4. The molecule has 0 saturated heterocycles. The normalized spacial score (nSPS) is 10.9. The van der Waals surface area contributed by atoms with Crippen LogP contribution in [-0.2, 0) is 17.8 Å². The first-order valence-electron chi connectivity index (χ1n) is 11.3. The van der Waals surface area contributed by atoms with Crippen LogP contribution in [0.25, 0.3) is 0 Å². The summed E-state index contributed by atoms with van der Waals surface area (Å²) in [4.78, 5) is 12.1. The number of carbonyl (C=O) groups excluding carboxylic acids is 1. The van der Waals surface area contributed by atoms with E-state index in [-0.39, 0.29) is 5.91 Å². The van der Waals surface area contributed by atoms with Crippen molar-refractivity contribution in [1.29, 1.82) is 0 Å². The topological polar surface area (TPSA) is 69.2 Å². The molecule has 3 aromatic carbocycles. The maximum Gasteiger partial charge on any atom is 0.240 e. The lowest BCUT2D eigenvalue weighted by Gasteiger charge is -2.12. The molecule has 0 bridgehead atoms. The molecule has 0 saturated carbocycles. The first-order chi connectivity index (χ1) is 17.0. The summed E-state index contributed by atoms with van der Waals surface area (Å²) in [6.45, 7) is 2.87. The lowest BCUT2D eigenvalue weighted by molar-refractivity contribution is -0.121. The average Bonchev–Trinajstić information content (AvgIpc) is 2.87. The van der Waals surface area contributed by atoms with Crippen molar-refractivity contribution in [2.24, 2.45) is 5.10 Å². The molecule has 0 heterocycles. The highest BCUT2D eigenvalue weighted by molar-refractivity contribution is 9.10. The molecule has 8 heteroatoms. The highest BCUT2D eigenvalue weighted by Crippen LogP contribution is 2.29. The van der Waals surface area contributed by atoms with Crippen molar-refractivity contribution in [2.45, 2.75) is 32.8 Å². The van der Waals surface area contributed by atoms with E-state index >= 15 is 0 Å². The van der Waals surface area contributed by atoms with E-state index in [1.54, 1.807) is 25.5 Å². The SMILES string of the molecule is CCc1ccc(OCCCC(=O)N/N=C/c2ccc(OCc3ccccc3Cl)c(OC)c2)c(Br)c1. The van der Waals surface area contributed by atoms with Crippen molar-refractivity contribution in [1.82, 2.24) is 5.43 Å². The van der Waals surface area contributed by atoms with Gasteiger partial charge in [-0.3, -0.25) is 4.79 Å². The van der Waals surface area contributed by atoms with Crippen LogP contribution < -0.4 is 19.6 Å². The van der Waals surface area contributed by atoms with E-state index in [1.165, 1.54) is 5.56 Å². The summed E-state index contributed by atoms with van der Waals surface area (Å²) in [6, 6.07) is 18.9. The van der Waals surface area contributed by atoms with Gasteiger partial charge in [0.2, 0.25) is 5.91 Å². The number of hydrogen-bond acceptors (Lipinski definition) is 5. The molecule has 3 rings (SSSR count). The third-order valence-electron chi connectivity index (χ3n) is 5.14. The molecule has 0 atom stereocenters. The van der Waals surface area contributed by atoms with Crippen LogP contribution in [0.3, 0.4) is 0 Å². The van der Waals surface area contributed by atoms with Crippen molar-refractivity contribution in [3.05, 3.63) is 86.8 Å². The number of nitrogens with zero attached hydrogens (tertiary/aromatic N) is 1. The van der Waals surface area contributed by atoms with Gasteiger partial charge in [0.25, 0.3) is 0 Å². The number of hydrazone groups is 1. The maximum absolute atomic E-state index is 12.1. The zero-order valence-corrected chi connectivity index (χ0v) is 22.1. The minimum atomic E-state index is -0.183. The van der Waals surface area contributed by atoms with E-state index < -0.39 is 0 Å². The van der Waals surface area contributed by atoms with Gasteiger partial charge in [0.15, 0.2) is 11.5 Å². The number of methoxy groups -OCH3 is 1. The Morgan fingerprint density at radius 2 is 1.86 bits per heavy atom. The number of hydrogen-bond donors (Lipinski definition) is 1. The average molecular weight is 560 g/mol. The number of halogens is 2. The monoisotopic (exact) mass is 558 g/mol. The molecule has 0 aromatic heterocycles. The van der Waals surface area contributed by atoms with Gasteiger partial charge in [-0.05, 0) is 76.3 Å². The molecular weight excluding hydrogens is 532 g/mol. The lowest BCUT2D eigenvalue weighted by Crippen LogP contribution is -2.18. The Labute approximate surface area is 219 Å². The van der Waals surface area contributed by atoms with Gasteiger partial charge in [-0.15, -0.1) is 0 Å². The second-order valence-corrected chi connectivity index (χ2v) is 8.92. The van der Waals surface area contributed by atoms with Crippen molar-refractivity contribution in [3.63, 3.8) is 0 Å². The van der Waals surface area contributed by atoms with Gasteiger partial charge < -0.3 is 14.2 Å². The molecule has 6 nitrogen and oxygen atoms in total. The van der Waals surface area contributed by atoms with Crippen LogP contribution in [0.5, 0.6) is 17.2 Å². The zero-order chi connectivity index (χ0) is 25.0. The molecule has 0 radical (unpaired) electrons. The van der Waals surface area contributed by atoms with Crippen molar-refractivity contribution in [3.8, 4) is 17.2 Å². The largest absolute Gasteiger partial charge is 0.493 e. The highest BCUT2D eigenvalue weighted by Gasteiger charge is 2.08. The fourth-order valence-electron chi connectivity index (χ4n) is 3.19. The molecule has 0 aliphatic rings. The third kappa shape index (κ3) is 8.30. The first kappa shape index (κ1) is 26.6. The summed E-state index contributed by atoms with van der Waals surface area (Å²) in [5.74, 6) is 1.73. The van der Waals surface area contributed by atoms with Gasteiger partial charge in [0.1, 0.15) is 12.4 Å². The number of carbonyl (C=O) groups is 1. The molecule has 0 aliphatic heterocycles. The number of aryl methyl sites for hydroxylation is 1. The Kier molecular flexibility index (Phi) is 10.4. The quantitative estimate of drug-likeness (QED) is 0.155. The van der Waals surface area contributed by atoms with E-state index in [4.69, 9.17) is 25.8 Å². The summed E-state index contributed by atoms with van der Waals surface area (Å²) < 4.78 is 18.0. The Hall–Kier alpha value is -3.03. The van der Waals surface area contributed by atoms with Gasteiger partial charge in [0.05, 0.1) is 24.4 Å². The van der Waals surface area contributed by atoms with Gasteiger partial charge in [0, 0.05) is 17.0 Å². The van der Waals surface area contributed by atoms with Crippen LogP contribution in [0, 0.1) is 0 Å². The summed E-state index contributed by atoms with van der Waals surface area (Å²) in [6.07, 6.45) is 3.41. The Morgan fingerprint density at radius 3 is 2.60 bits per heavy atom. The number of amides is 1. The van der Waals surface area contributed by atoms with E-state index in [2.05, 4.69) is 33.4 Å². The van der Waals surface area contributed by atoms with Crippen molar-refractivity contribution in [2.75, 3.05) is 13.7 Å². The lowest BCUT2D eigenvalue weighted by atomic mass is 10.2. The van der Waals surface area contributed by atoms with Gasteiger partial charge >= 0.3 is 0 Å². The minimum absolute atomic E-state index is 0.183. The standard InChI is InChI=1S/C27H28BrClN2O4/c1-3-19-10-12-24(22(28)15-19)34-14-6-9-27(32)31-30-17-20-11-13-25(26(16-20)33-2)35-18-21-7-4-5-8-23(21)29/h4-5,7-8,10-13,15-17H,3,6,9,14,18H2,1-2H3,(H,31,32)/b30-17+. The van der Waals surface area contributed by atoms with E-state index in [0.29, 0.717) is 42.6 Å². The molecule has 0 unspecified atom stereocenters. The predicted molar refractivity (Wildman–Crippen MR) is 143 cm³/mol. The van der Waals surface area contributed by atoms with E-state index in [0.717, 1.165) is 27.8 Å². The van der Waals surface area contributed by atoms with Crippen LogP contribution in [0.15, 0.2) is 70.2 Å². The molecule has 1 amide bonds. The van der Waals surface area contributed by atoms with Crippen LogP contribution in [0.4, 0.5) is 0 Å². The van der Waals surface area contributed by atoms with Gasteiger partial charge in [-0.2, -0.15) is 5.10 Å². The number of ether oxygens (including phenoxy) is 3. The second-order valence-electron chi connectivity index (χ2n) is 7.65. The van der Waals surface area contributed by atoms with Crippen LogP contribution in [-0.4, -0.2) is 25.8 Å². The van der Waals surface area contributed by atoms with Gasteiger partial charge in [-0.1, -0.05) is 42.8 Å². The second kappa shape index (κ2) is 13.8. The molecule has 0 fully saturated rings. The fourth-order valence-corrected chi connectivity index (χ4v) is 3.92. The molecule has 0 spiro atoms. The summed E-state index contributed by atoms with van der Waals surface area (Å²) in [7, 11) is 1.57. The molecule has 184 valence electrons. The van der Waals surface area contributed by atoms with Crippen LogP contribution in [0.2, 0.25) is 5.02 Å². The van der Waals surface area contributed by atoms with E-state index in [9.17, 15) is 4.79 Å². The molecule has 1 N–H and O–H groups in total. The predicted octanol–water partition coefficient (Wildman–Crippen LogP) is 6.56. The van der Waals surface area contributed by atoms with Gasteiger partial charge in [-0.25, -0.2) is 5.43 Å². The Morgan fingerprint density at radius 1 is 1.06 bits per heavy atom. The maximum atomic E-state index is 12.1. The third-order valence-corrected chi connectivity index (χ3v) is 6.13. The summed E-state index contributed by atoms with van der Waals surface area (Å²) in [5.41, 5.74) is 5.42. The fraction of sp³-hybridized carbons (Fsp3) is 0.259. The Bertz CT molecular complexity index is 1170. The molecule has 0 aliphatic carbocycles. The number of benzene rings is 3. The van der Waals surface area contributed by atoms with Crippen molar-refractivity contribution < 1.29 is 19.0 Å². The summed E-state index contributed by atoms with van der Waals surface area (Å²) in [5, 5.41) is 4.68. The number of rotatable bonds is 12. The van der Waals surface area contributed by atoms with Crippen LogP contribution >= 0.6 is 27.5 Å². The highest BCUT2D eigenvalue weighted by atomic mass is 79.9.